The maximum absolute atomic E-state index is 14.2. The second-order valence-electron chi connectivity index (χ2n) is 18.4. The van der Waals surface area contributed by atoms with E-state index >= 15 is 0 Å². The van der Waals surface area contributed by atoms with Gasteiger partial charge in [-0.25, -0.2) is 14.3 Å². The van der Waals surface area contributed by atoms with Crippen LogP contribution in [0.3, 0.4) is 0 Å². The van der Waals surface area contributed by atoms with E-state index in [9.17, 15) is 29.2 Å². The highest BCUT2D eigenvalue weighted by Gasteiger charge is 2.44. The number of aromatic amines is 2. The molecular weight excluding hydrogens is 978 g/mol. The number of amides is 1. The Morgan fingerprint density at radius 3 is 1.85 bits per heavy atom. The molecule has 3 N–H and O–H groups in total. The lowest BCUT2D eigenvalue weighted by Crippen LogP contribution is -2.45. The van der Waals surface area contributed by atoms with Crippen molar-refractivity contribution in [3.05, 3.63) is 161 Å². The number of nitrogens with zero attached hydrogens (tertiary/aromatic N) is 4. The summed E-state index contributed by atoms with van der Waals surface area (Å²) in [6, 6.07) is 26.4. The molecule has 0 radical (unpaired) electrons. The molecule has 2 aliphatic heterocycles. The molecule has 21 heteroatoms. The van der Waals surface area contributed by atoms with E-state index < -0.39 is 73.4 Å². The largest absolute Gasteiger partial charge is 0.497 e. The molecular formula is C52H64N7O12PS. The van der Waals surface area contributed by atoms with Gasteiger partial charge in [0.2, 0.25) is 5.91 Å². The van der Waals surface area contributed by atoms with Crippen LogP contribution < -0.4 is 37.3 Å². The second kappa shape index (κ2) is 24.9. The number of rotatable bonds is 23. The van der Waals surface area contributed by atoms with Crippen molar-refractivity contribution in [2.75, 3.05) is 38.9 Å². The number of nitrogens with one attached hydrogen (secondary N) is 3. The van der Waals surface area contributed by atoms with Crippen LogP contribution >= 0.6 is 20.3 Å². The molecule has 5 aromatic rings. The number of H-pyrrole nitrogens is 2. The zero-order chi connectivity index (χ0) is 52.4. The Morgan fingerprint density at radius 1 is 0.808 bits per heavy atom. The van der Waals surface area contributed by atoms with E-state index in [-0.39, 0.29) is 62.0 Å². The molecule has 0 spiro atoms. The third kappa shape index (κ3) is 12.9. The van der Waals surface area contributed by atoms with Crippen LogP contribution in [0.15, 0.2) is 110 Å². The van der Waals surface area contributed by atoms with Crippen LogP contribution in [0.4, 0.5) is 0 Å². The minimum atomic E-state index is -1.71. The number of hydrogen-bond donors (Lipinski definition) is 3. The van der Waals surface area contributed by atoms with Gasteiger partial charge in [0.05, 0.1) is 63.9 Å². The quantitative estimate of drug-likeness (QED) is 0.0377. The third-order valence-corrected chi connectivity index (χ3v) is 15.9. The van der Waals surface area contributed by atoms with Gasteiger partial charge in [0.25, 0.3) is 19.6 Å². The number of aromatic nitrogens is 4. The number of hydrogen-bond acceptors (Lipinski definition) is 15. The number of ether oxygens (including phenoxy) is 5. The van der Waals surface area contributed by atoms with Gasteiger partial charge in [0.15, 0.2) is 0 Å². The van der Waals surface area contributed by atoms with Gasteiger partial charge in [0, 0.05) is 54.2 Å². The fraction of sp³-hybridized carbons (Fsp3) is 0.462. The lowest BCUT2D eigenvalue weighted by Gasteiger charge is -2.37. The van der Waals surface area contributed by atoms with Gasteiger partial charge >= 0.3 is 11.4 Å². The monoisotopic (exact) mass is 1040 g/mol. The minimum absolute atomic E-state index is 0.0205. The summed E-state index contributed by atoms with van der Waals surface area (Å²) in [7, 11) is 1.49. The van der Waals surface area contributed by atoms with Crippen LogP contribution in [-0.4, -0.2) is 105 Å². The average Bonchev–Trinajstić information content (AvgIpc) is 3.97. The van der Waals surface area contributed by atoms with Crippen LogP contribution in [0, 0.1) is 25.2 Å². The van der Waals surface area contributed by atoms with Gasteiger partial charge in [-0.15, -0.1) is 11.8 Å². The molecule has 0 aliphatic carbocycles. The first-order valence-corrected chi connectivity index (χ1v) is 26.4. The second-order valence-corrected chi connectivity index (χ2v) is 20.8. The minimum Gasteiger partial charge on any atom is -0.497 e. The van der Waals surface area contributed by atoms with Crippen molar-refractivity contribution in [2.24, 2.45) is 0 Å². The van der Waals surface area contributed by atoms with E-state index in [1.54, 1.807) is 28.1 Å². The summed E-state index contributed by atoms with van der Waals surface area (Å²) >= 11 is 1.30. The van der Waals surface area contributed by atoms with Crippen molar-refractivity contribution in [2.45, 2.75) is 115 Å². The van der Waals surface area contributed by atoms with Crippen LogP contribution in [0.2, 0.25) is 0 Å². The van der Waals surface area contributed by atoms with E-state index in [0.717, 1.165) is 16.7 Å². The number of thioether (sulfide) groups is 1. The van der Waals surface area contributed by atoms with Crippen molar-refractivity contribution in [1.29, 1.82) is 5.26 Å². The van der Waals surface area contributed by atoms with Gasteiger partial charge in [-0.1, -0.05) is 54.6 Å². The molecule has 7 rings (SSSR count). The van der Waals surface area contributed by atoms with Crippen molar-refractivity contribution in [3.63, 3.8) is 0 Å². The normalized spacial score (nSPS) is 20.4. The van der Waals surface area contributed by atoms with E-state index in [1.165, 1.54) is 33.3 Å². The molecule has 0 saturated carbocycles. The van der Waals surface area contributed by atoms with Gasteiger partial charge in [-0.05, 0) is 82.5 Å². The number of carbonyl (C=O) groups is 1. The zero-order valence-electron chi connectivity index (χ0n) is 42.3. The van der Waals surface area contributed by atoms with Gasteiger partial charge in [-0.2, -0.15) is 5.26 Å². The van der Waals surface area contributed by atoms with Crippen LogP contribution in [0.5, 0.6) is 11.5 Å². The molecule has 390 valence electrons. The lowest BCUT2D eigenvalue weighted by atomic mass is 9.80. The molecule has 1 unspecified atom stereocenters. The predicted molar refractivity (Wildman–Crippen MR) is 277 cm³/mol. The van der Waals surface area contributed by atoms with Gasteiger partial charge < -0.3 is 38.0 Å². The summed E-state index contributed by atoms with van der Waals surface area (Å²) < 4.78 is 49.2. The van der Waals surface area contributed by atoms with E-state index in [1.807, 2.05) is 107 Å². The maximum atomic E-state index is 14.2. The van der Waals surface area contributed by atoms with E-state index in [2.05, 4.69) is 26.0 Å². The summed E-state index contributed by atoms with van der Waals surface area (Å²) in [6.45, 7) is 11.4. The first-order valence-electron chi connectivity index (χ1n) is 24.1. The first kappa shape index (κ1) is 54.9. The fourth-order valence-electron chi connectivity index (χ4n) is 9.15. The van der Waals surface area contributed by atoms with Crippen molar-refractivity contribution >= 4 is 26.2 Å². The average molecular weight is 1040 g/mol. The summed E-state index contributed by atoms with van der Waals surface area (Å²) in [6.07, 6.45) is -0.272. The van der Waals surface area contributed by atoms with Crippen LogP contribution in [-0.2, 0) is 33.7 Å². The summed E-state index contributed by atoms with van der Waals surface area (Å²) in [5, 5.41) is 12.5. The van der Waals surface area contributed by atoms with Crippen LogP contribution in [0.1, 0.15) is 87.2 Å². The topological polar surface area (TPSA) is 230 Å². The molecule has 7 atom stereocenters. The third-order valence-electron chi connectivity index (χ3n) is 12.7. The number of benzene rings is 3. The van der Waals surface area contributed by atoms with E-state index in [4.69, 9.17) is 32.7 Å². The Balaban J connectivity index is 1.15. The summed E-state index contributed by atoms with van der Waals surface area (Å²) in [5.41, 5.74) is -0.511. The van der Waals surface area contributed by atoms with E-state index in [0.29, 0.717) is 22.6 Å². The molecule has 19 nitrogen and oxygen atoms in total. The van der Waals surface area contributed by atoms with Gasteiger partial charge in [-0.3, -0.25) is 33.5 Å². The maximum Gasteiger partial charge on any atom is 0.330 e. The molecule has 0 bridgehead atoms. The Labute approximate surface area is 429 Å². The number of carbonyl (C=O) groups excluding carboxylic acids is 1. The molecule has 1 amide bonds. The first-order chi connectivity index (χ1) is 35.1. The SMILES string of the molecule is COc1ccc(C(OC[C@H]2O[C@@H](n3cc(C)c(=O)[nH]c3=O)C[C@H]2NC(=O)CSC[C@H]2O[C@@H](n3cc(C)c(=O)[nH]c3=O)C[C@@H]2OP(OCCC#N)N(C(C)C)C(C)C)(c2ccccc2)c2ccc(OC)cc2)cc1. The van der Waals surface area contributed by atoms with Gasteiger partial charge in [0.1, 0.15) is 35.7 Å². The molecule has 3 aromatic carbocycles. The lowest BCUT2D eigenvalue weighted by molar-refractivity contribution is -0.120. The highest BCUT2D eigenvalue weighted by Crippen LogP contribution is 2.50. The summed E-state index contributed by atoms with van der Waals surface area (Å²) in [5.74, 6) is 1.22. The molecule has 2 aliphatic rings. The highest BCUT2D eigenvalue weighted by molar-refractivity contribution is 8.00. The molecule has 2 aromatic heterocycles. The number of methoxy groups -OCH3 is 2. The Bertz CT molecular complexity index is 2870. The number of nitriles is 1. The molecule has 2 fully saturated rings. The molecule has 2 saturated heterocycles. The van der Waals surface area contributed by atoms with Crippen molar-refractivity contribution in [3.8, 4) is 17.6 Å². The summed E-state index contributed by atoms with van der Waals surface area (Å²) in [4.78, 5) is 70.1. The van der Waals surface area contributed by atoms with Crippen LogP contribution in [0.25, 0.3) is 0 Å². The molecule has 73 heavy (non-hydrogen) atoms. The standard InChI is InChI=1S/C52H64N7O12PS/c1-32(2)59(33(3)4)72(68-24-12-23-53)71-42-26-47(58-28-35(6)49(62)56-51(58)64)70-44(42)30-73-31-45(60)54-41-25-46(57-27-34(5)48(61)55-50(57)63)69-43(41)29-67-52(36-13-10-9-11-14-36,37-15-19-39(65-7)20-16-37)38-17-21-40(66-8)22-18-38/h9-11,13-22,27-28,32-33,41-44,46-47H,12,24-26,29-31H2,1-8H3,(H,54,60)(H,55,61,63)(H,56,62,64)/t41-,42+,43-,44-,46-,47-,72?/m1/s1. The Kier molecular flexibility index (Phi) is 18.7. The molecule has 4 heterocycles. The van der Waals surface area contributed by atoms with Crippen molar-refractivity contribution in [1.82, 2.24) is 29.1 Å². The highest BCUT2D eigenvalue weighted by atomic mass is 32.2. The number of aryl methyl sites for hydroxylation is 2. The predicted octanol–water partition coefficient (Wildman–Crippen LogP) is 6.18. The smallest absolute Gasteiger partial charge is 0.330 e. The fourth-order valence-corrected chi connectivity index (χ4v) is 11.8. The zero-order valence-corrected chi connectivity index (χ0v) is 44.0. The van der Waals surface area contributed by atoms with Crippen molar-refractivity contribution < 1.29 is 37.5 Å². The Hall–Kier alpha value is -5.88. The Morgan fingerprint density at radius 2 is 1.33 bits per heavy atom.